The fraction of sp³-hybridized carbons (Fsp3) is 0.455. The van der Waals surface area contributed by atoms with Crippen molar-refractivity contribution in [2.24, 2.45) is 0 Å². The molecule has 0 aromatic heterocycles. The highest BCUT2D eigenvalue weighted by Gasteiger charge is 2.41. The molecule has 0 aliphatic heterocycles. The van der Waals surface area contributed by atoms with Crippen LogP contribution in [0.3, 0.4) is 0 Å². The lowest BCUT2D eigenvalue weighted by Crippen LogP contribution is -2.34. The van der Waals surface area contributed by atoms with Gasteiger partial charge in [0.2, 0.25) is 0 Å². The Labute approximate surface area is 146 Å². The maximum absolute atomic E-state index is 11.9. The van der Waals surface area contributed by atoms with E-state index in [1.165, 1.54) is 11.1 Å². The van der Waals surface area contributed by atoms with E-state index >= 15 is 0 Å². The Kier molecular flexibility index (Phi) is 5.37. The van der Waals surface area contributed by atoms with E-state index in [4.69, 9.17) is 0 Å². The second-order valence-corrected chi connectivity index (χ2v) is 7.34. The van der Waals surface area contributed by atoms with Gasteiger partial charge in [-0.25, -0.2) is 0 Å². The summed E-state index contributed by atoms with van der Waals surface area (Å²) in [4.78, 5) is 2.20. The number of aryl methyl sites for hydroxylation is 1. The average molecular weight is 323 g/mol. The van der Waals surface area contributed by atoms with Crippen molar-refractivity contribution in [2.75, 3.05) is 20.6 Å². The molecule has 0 bridgehead atoms. The van der Waals surface area contributed by atoms with Gasteiger partial charge in [-0.15, -0.1) is 0 Å². The van der Waals surface area contributed by atoms with Gasteiger partial charge in [0.15, 0.2) is 0 Å². The molecule has 2 heteroatoms. The van der Waals surface area contributed by atoms with Crippen molar-refractivity contribution in [3.05, 3.63) is 71.3 Å². The average Bonchev–Trinajstić information content (AvgIpc) is 2.73. The van der Waals surface area contributed by atoms with Gasteiger partial charge in [0, 0.05) is 5.92 Å². The molecule has 1 aliphatic rings. The molecule has 1 N–H and O–H groups in total. The Balaban J connectivity index is 2.00. The van der Waals surface area contributed by atoms with E-state index in [2.05, 4.69) is 73.6 Å². The fourth-order valence-electron chi connectivity index (χ4n) is 4.19. The molecule has 3 rings (SSSR count). The van der Waals surface area contributed by atoms with Crippen LogP contribution in [-0.4, -0.2) is 30.6 Å². The molecule has 0 heterocycles. The molecule has 128 valence electrons. The fourth-order valence-corrected chi connectivity index (χ4v) is 4.19. The second kappa shape index (κ2) is 7.50. The van der Waals surface area contributed by atoms with Gasteiger partial charge in [-0.05, 0) is 69.4 Å². The van der Waals surface area contributed by atoms with Crippen molar-refractivity contribution in [1.82, 2.24) is 4.90 Å². The highest BCUT2D eigenvalue weighted by atomic mass is 16.3. The molecule has 24 heavy (non-hydrogen) atoms. The summed E-state index contributed by atoms with van der Waals surface area (Å²) in [6.07, 6.45) is 5.04. The van der Waals surface area contributed by atoms with Crippen molar-refractivity contribution < 1.29 is 5.11 Å². The number of hydrogen-bond donors (Lipinski definition) is 1. The number of fused-ring (bicyclic) bond motifs is 1. The molecule has 0 amide bonds. The number of hydrogen-bond acceptors (Lipinski definition) is 2. The predicted molar refractivity (Wildman–Crippen MR) is 100 cm³/mol. The van der Waals surface area contributed by atoms with Crippen molar-refractivity contribution in [3.8, 4) is 0 Å². The van der Waals surface area contributed by atoms with Crippen LogP contribution in [0.2, 0.25) is 0 Å². The summed E-state index contributed by atoms with van der Waals surface area (Å²) >= 11 is 0. The topological polar surface area (TPSA) is 23.5 Å². The third kappa shape index (κ3) is 3.55. The van der Waals surface area contributed by atoms with Crippen LogP contribution in [0, 0.1) is 0 Å². The van der Waals surface area contributed by atoms with Crippen LogP contribution in [0.15, 0.2) is 54.6 Å². The zero-order valence-electron chi connectivity index (χ0n) is 14.9. The van der Waals surface area contributed by atoms with Crippen LogP contribution in [0.1, 0.15) is 48.3 Å². The van der Waals surface area contributed by atoms with E-state index in [0.717, 1.165) is 44.2 Å². The summed E-state index contributed by atoms with van der Waals surface area (Å²) in [6, 6.07) is 19.1. The lowest BCUT2D eigenvalue weighted by Gasteiger charge is -2.37. The van der Waals surface area contributed by atoms with Gasteiger partial charge >= 0.3 is 0 Å². The van der Waals surface area contributed by atoms with Gasteiger partial charge in [0.1, 0.15) is 0 Å². The Hall–Kier alpha value is -1.64. The minimum Gasteiger partial charge on any atom is -0.385 e. The van der Waals surface area contributed by atoms with Gasteiger partial charge in [-0.2, -0.15) is 0 Å². The smallest absolute Gasteiger partial charge is 0.0967 e. The summed E-state index contributed by atoms with van der Waals surface area (Å²) in [5, 5.41) is 11.9. The first kappa shape index (κ1) is 17.2. The third-order valence-electron chi connectivity index (χ3n) is 5.36. The van der Waals surface area contributed by atoms with E-state index in [9.17, 15) is 5.11 Å². The van der Waals surface area contributed by atoms with E-state index in [1.54, 1.807) is 0 Å². The monoisotopic (exact) mass is 323 g/mol. The normalized spacial score (nSPS) is 23.8. The van der Waals surface area contributed by atoms with Crippen LogP contribution in [0.4, 0.5) is 0 Å². The number of aliphatic hydroxyl groups is 1. The largest absolute Gasteiger partial charge is 0.385 e. The SMILES string of the molecule is CN(C)CCC[C@@]1(O)c2ccccc2CCC[C@@H]1c1ccccc1. The maximum atomic E-state index is 11.9. The van der Waals surface area contributed by atoms with Crippen molar-refractivity contribution in [3.63, 3.8) is 0 Å². The third-order valence-corrected chi connectivity index (χ3v) is 5.36. The van der Waals surface area contributed by atoms with E-state index in [1.807, 2.05) is 0 Å². The molecule has 2 aromatic rings. The molecule has 0 radical (unpaired) electrons. The molecule has 2 aromatic carbocycles. The summed E-state index contributed by atoms with van der Waals surface area (Å²) in [5.74, 6) is 0.171. The minimum atomic E-state index is -0.773. The summed E-state index contributed by atoms with van der Waals surface area (Å²) < 4.78 is 0. The zero-order valence-corrected chi connectivity index (χ0v) is 14.9. The van der Waals surface area contributed by atoms with Crippen LogP contribution < -0.4 is 0 Å². The van der Waals surface area contributed by atoms with Gasteiger partial charge in [0.25, 0.3) is 0 Å². The number of nitrogens with zero attached hydrogens (tertiary/aromatic N) is 1. The molecule has 0 spiro atoms. The molecule has 0 saturated heterocycles. The van der Waals surface area contributed by atoms with E-state index in [-0.39, 0.29) is 5.92 Å². The standard InChI is InChI=1S/C22H29NO/c1-23(2)17-9-16-22(24)20-14-7-6-12-19(20)13-8-15-21(22)18-10-4-3-5-11-18/h3-7,10-12,14,21,24H,8-9,13,15-17H2,1-2H3/t21-,22-/m1/s1. The van der Waals surface area contributed by atoms with Gasteiger partial charge < -0.3 is 10.0 Å². The van der Waals surface area contributed by atoms with Crippen LogP contribution in [-0.2, 0) is 12.0 Å². The zero-order chi connectivity index (χ0) is 17.0. The van der Waals surface area contributed by atoms with Gasteiger partial charge in [-0.3, -0.25) is 0 Å². The second-order valence-electron chi connectivity index (χ2n) is 7.34. The highest BCUT2D eigenvalue weighted by Crippen LogP contribution is 2.47. The Morgan fingerprint density at radius 2 is 1.75 bits per heavy atom. The van der Waals surface area contributed by atoms with Crippen molar-refractivity contribution in [2.45, 2.75) is 43.6 Å². The molecular weight excluding hydrogens is 294 g/mol. The lowest BCUT2D eigenvalue weighted by atomic mass is 9.73. The molecule has 2 atom stereocenters. The molecule has 0 fully saturated rings. The van der Waals surface area contributed by atoms with Crippen molar-refractivity contribution in [1.29, 1.82) is 0 Å². The number of rotatable bonds is 5. The van der Waals surface area contributed by atoms with Crippen molar-refractivity contribution >= 4 is 0 Å². The first-order valence-corrected chi connectivity index (χ1v) is 9.12. The van der Waals surface area contributed by atoms with Crippen LogP contribution >= 0.6 is 0 Å². The Morgan fingerprint density at radius 1 is 1.04 bits per heavy atom. The Bertz CT molecular complexity index is 652. The first-order valence-electron chi connectivity index (χ1n) is 9.12. The highest BCUT2D eigenvalue weighted by molar-refractivity contribution is 5.38. The van der Waals surface area contributed by atoms with Crippen LogP contribution in [0.25, 0.3) is 0 Å². The van der Waals surface area contributed by atoms with Crippen LogP contribution in [0.5, 0.6) is 0 Å². The first-order chi connectivity index (χ1) is 11.6. The maximum Gasteiger partial charge on any atom is 0.0967 e. The predicted octanol–water partition coefficient (Wildman–Crippen LogP) is 4.34. The Morgan fingerprint density at radius 3 is 2.50 bits per heavy atom. The quantitative estimate of drug-likeness (QED) is 0.828. The van der Waals surface area contributed by atoms with Gasteiger partial charge in [0.05, 0.1) is 5.60 Å². The number of benzene rings is 2. The molecule has 0 unspecified atom stereocenters. The molecule has 1 aliphatic carbocycles. The summed E-state index contributed by atoms with van der Waals surface area (Å²) in [7, 11) is 4.19. The van der Waals surface area contributed by atoms with E-state index in [0.29, 0.717) is 0 Å². The molecular formula is C22H29NO. The molecule has 2 nitrogen and oxygen atoms in total. The molecule has 0 saturated carbocycles. The van der Waals surface area contributed by atoms with E-state index < -0.39 is 5.60 Å². The van der Waals surface area contributed by atoms with Gasteiger partial charge in [-0.1, -0.05) is 54.6 Å². The summed E-state index contributed by atoms with van der Waals surface area (Å²) in [5.41, 5.74) is 2.96. The minimum absolute atomic E-state index is 0.171. The lowest BCUT2D eigenvalue weighted by molar-refractivity contribution is -0.00604. The summed E-state index contributed by atoms with van der Waals surface area (Å²) in [6.45, 7) is 1.01.